The molecule has 0 radical (unpaired) electrons. The molecule has 2 aliphatic carbocycles. The molecule has 1 N–H and O–H groups in total. The van der Waals surface area contributed by atoms with Gasteiger partial charge in [-0.15, -0.1) is 6.42 Å². The van der Waals surface area contributed by atoms with Crippen molar-refractivity contribution < 1.29 is 19.1 Å². The van der Waals surface area contributed by atoms with Gasteiger partial charge in [-0.05, 0) is 74.8 Å². The Morgan fingerprint density at radius 1 is 1.12 bits per heavy atom. The average molecular weight is 584 g/mol. The van der Waals surface area contributed by atoms with E-state index in [0.717, 1.165) is 51.4 Å². The minimum Gasteiger partial charge on any atom is -0.461 e. The SMILES string of the molecule is C#C[C@@]1(COC(=O)C2CCC3(CCCC3)CC2)CC[C@H](n2cnc3c(NC(=O)CCCCCCC)nc(Cl)nc32)O1. The number of nitrogens with zero attached hydrogens (tertiary/aromatic N) is 4. The zero-order chi connectivity index (χ0) is 28.9. The highest BCUT2D eigenvalue weighted by Crippen LogP contribution is 2.50. The predicted octanol–water partition coefficient (Wildman–Crippen LogP) is 6.75. The normalized spacial score (nSPS) is 24.1. The largest absolute Gasteiger partial charge is 0.461 e. The van der Waals surface area contributed by atoms with Crippen molar-refractivity contribution in [2.45, 2.75) is 121 Å². The van der Waals surface area contributed by atoms with Crippen molar-refractivity contribution in [3.05, 3.63) is 11.6 Å². The Morgan fingerprint density at radius 3 is 2.61 bits per heavy atom. The molecule has 2 aromatic rings. The first kappa shape index (κ1) is 29.8. The number of halogens is 1. The van der Waals surface area contributed by atoms with Gasteiger partial charge >= 0.3 is 5.97 Å². The van der Waals surface area contributed by atoms with Gasteiger partial charge in [0, 0.05) is 6.42 Å². The molecule has 1 amide bonds. The summed E-state index contributed by atoms with van der Waals surface area (Å²) in [6.07, 6.45) is 23.1. The summed E-state index contributed by atoms with van der Waals surface area (Å²) in [5, 5.41) is 2.85. The molecule has 222 valence electrons. The van der Waals surface area contributed by atoms with Crippen molar-refractivity contribution in [1.29, 1.82) is 0 Å². The van der Waals surface area contributed by atoms with Crippen molar-refractivity contribution in [1.82, 2.24) is 19.5 Å². The van der Waals surface area contributed by atoms with E-state index < -0.39 is 11.8 Å². The van der Waals surface area contributed by atoms with Gasteiger partial charge < -0.3 is 14.8 Å². The maximum atomic E-state index is 12.9. The maximum absolute atomic E-state index is 12.9. The van der Waals surface area contributed by atoms with Crippen LogP contribution in [0.25, 0.3) is 11.2 Å². The number of hydrogen-bond donors (Lipinski definition) is 1. The van der Waals surface area contributed by atoms with Crippen LogP contribution < -0.4 is 5.32 Å². The monoisotopic (exact) mass is 583 g/mol. The van der Waals surface area contributed by atoms with Crippen LogP contribution in [0.3, 0.4) is 0 Å². The number of anilines is 1. The highest BCUT2D eigenvalue weighted by Gasteiger charge is 2.43. The number of terminal acetylenes is 1. The van der Waals surface area contributed by atoms with E-state index in [-0.39, 0.29) is 35.5 Å². The highest BCUT2D eigenvalue weighted by molar-refractivity contribution is 6.28. The predicted molar refractivity (Wildman–Crippen MR) is 157 cm³/mol. The van der Waals surface area contributed by atoms with E-state index in [1.54, 1.807) is 10.9 Å². The number of carbonyl (C=O) groups excluding carboxylic acids is 2. The number of esters is 1. The van der Waals surface area contributed by atoms with Crippen LogP contribution >= 0.6 is 11.6 Å². The van der Waals surface area contributed by atoms with E-state index in [1.165, 1.54) is 32.1 Å². The molecule has 1 spiro atoms. The third kappa shape index (κ3) is 6.86. The van der Waals surface area contributed by atoms with Crippen molar-refractivity contribution >= 4 is 40.5 Å². The molecule has 1 saturated heterocycles. The zero-order valence-corrected chi connectivity index (χ0v) is 24.9. The molecule has 0 bridgehead atoms. The molecule has 3 fully saturated rings. The van der Waals surface area contributed by atoms with Crippen molar-refractivity contribution in [3.63, 3.8) is 0 Å². The lowest BCUT2D eigenvalue weighted by molar-refractivity contribution is -0.159. The van der Waals surface area contributed by atoms with Gasteiger partial charge in [0.15, 0.2) is 22.6 Å². The van der Waals surface area contributed by atoms with E-state index in [1.807, 2.05) is 0 Å². The quantitative estimate of drug-likeness (QED) is 0.135. The molecule has 2 saturated carbocycles. The standard InChI is InChI=1S/C31H42ClN5O4/c1-3-5-6-7-8-11-23(38)34-26-25-27(36-29(32)35-26)37(21-33-25)24-14-19-31(4-2,41-24)20-40-28(39)22-12-17-30(18-13-22)15-9-10-16-30/h2,21-22,24H,3,5-20H2,1H3,(H,34,35,36,38)/t24-,31+/m1/s1. The molecule has 3 heterocycles. The number of hydrogen-bond acceptors (Lipinski definition) is 7. The number of ether oxygens (including phenoxy) is 2. The molecule has 2 atom stereocenters. The fourth-order valence-electron chi connectivity index (χ4n) is 6.85. The fourth-order valence-corrected chi connectivity index (χ4v) is 7.02. The van der Waals surface area contributed by atoms with Crippen molar-refractivity contribution in [3.8, 4) is 12.3 Å². The summed E-state index contributed by atoms with van der Waals surface area (Å²) in [5.74, 6) is 2.66. The minimum atomic E-state index is -1.02. The fraction of sp³-hybridized carbons (Fsp3) is 0.710. The molecule has 2 aromatic heterocycles. The van der Waals surface area contributed by atoms with Crippen LogP contribution in [0.5, 0.6) is 0 Å². The summed E-state index contributed by atoms with van der Waals surface area (Å²) in [7, 11) is 0. The number of carbonyl (C=O) groups is 2. The van der Waals surface area contributed by atoms with Crippen molar-refractivity contribution in [2.24, 2.45) is 11.3 Å². The van der Waals surface area contributed by atoms with Crippen LogP contribution in [0, 0.1) is 23.7 Å². The molecule has 0 aromatic carbocycles. The smallest absolute Gasteiger partial charge is 0.309 e. The molecule has 1 aliphatic heterocycles. The maximum Gasteiger partial charge on any atom is 0.309 e. The van der Waals surface area contributed by atoms with Crippen LogP contribution in [0.1, 0.15) is 116 Å². The Morgan fingerprint density at radius 2 is 1.88 bits per heavy atom. The summed E-state index contributed by atoms with van der Waals surface area (Å²) >= 11 is 6.24. The van der Waals surface area contributed by atoms with Crippen LogP contribution in [-0.2, 0) is 19.1 Å². The highest BCUT2D eigenvalue weighted by atomic mass is 35.5. The van der Waals surface area contributed by atoms with Crippen molar-refractivity contribution in [2.75, 3.05) is 11.9 Å². The average Bonchev–Trinajstić information content (AvgIpc) is 3.71. The van der Waals surface area contributed by atoms with Gasteiger partial charge in [0.2, 0.25) is 11.2 Å². The zero-order valence-electron chi connectivity index (χ0n) is 24.1. The number of imidazole rings is 1. The number of amides is 1. The van der Waals surface area contributed by atoms with E-state index in [4.69, 9.17) is 27.5 Å². The Hall–Kier alpha value is -2.70. The lowest BCUT2D eigenvalue weighted by atomic mass is 9.69. The Bertz CT molecular complexity index is 1270. The number of aromatic nitrogens is 4. The third-order valence-corrected chi connectivity index (χ3v) is 9.55. The minimum absolute atomic E-state index is 0.000461. The van der Waals surface area contributed by atoms with Crippen LogP contribution in [0.4, 0.5) is 5.82 Å². The molecular weight excluding hydrogens is 542 g/mol. The summed E-state index contributed by atoms with van der Waals surface area (Å²) in [4.78, 5) is 38.6. The molecular formula is C31H42ClN5O4. The second-order valence-electron chi connectivity index (χ2n) is 12.2. The van der Waals surface area contributed by atoms with Gasteiger partial charge in [-0.25, -0.2) is 4.98 Å². The summed E-state index contributed by atoms with van der Waals surface area (Å²) < 4.78 is 13.9. The summed E-state index contributed by atoms with van der Waals surface area (Å²) in [6, 6.07) is 0. The van der Waals surface area contributed by atoms with Gasteiger partial charge in [-0.3, -0.25) is 14.2 Å². The second kappa shape index (κ2) is 13.1. The first-order chi connectivity index (χ1) is 19.9. The molecule has 9 nitrogen and oxygen atoms in total. The third-order valence-electron chi connectivity index (χ3n) is 9.38. The number of fused-ring (bicyclic) bond motifs is 1. The lowest BCUT2D eigenvalue weighted by Crippen LogP contribution is -2.36. The van der Waals surface area contributed by atoms with Crippen LogP contribution in [-0.4, -0.2) is 43.6 Å². The Kier molecular flexibility index (Phi) is 9.50. The number of unbranched alkanes of at least 4 members (excludes halogenated alkanes) is 4. The summed E-state index contributed by atoms with van der Waals surface area (Å²) in [6.45, 7) is 2.18. The summed E-state index contributed by atoms with van der Waals surface area (Å²) in [5.41, 5.74) is 0.319. The van der Waals surface area contributed by atoms with Gasteiger partial charge in [0.1, 0.15) is 12.8 Å². The van der Waals surface area contributed by atoms with E-state index in [0.29, 0.717) is 35.8 Å². The Labute approximate surface area is 247 Å². The lowest BCUT2D eigenvalue weighted by Gasteiger charge is -2.36. The van der Waals surface area contributed by atoms with Gasteiger partial charge in [0.05, 0.1) is 12.2 Å². The number of rotatable bonds is 11. The van der Waals surface area contributed by atoms with E-state index in [2.05, 4.69) is 33.1 Å². The van der Waals surface area contributed by atoms with Crippen LogP contribution in [0.15, 0.2) is 6.33 Å². The molecule has 3 aliphatic rings. The van der Waals surface area contributed by atoms with E-state index >= 15 is 0 Å². The molecule has 10 heteroatoms. The molecule has 5 rings (SSSR count). The van der Waals surface area contributed by atoms with Gasteiger partial charge in [-0.2, -0.15) is 9.97 Å². The van der Waals surface area contributed by atoms with Crippen LogP contribution in [0.2, 0.25) is 5.28 Å². The van der Waals surface area contributed by atoms with Gasteiger partial charge in [-0.1, -0.05) is 51.4 Å². The number of nitrogens with one attached hydrogen (secondary N) is 1. The molecule has 41 heavy (non-hydrogen) atoms. The Balaban J connectivity index is 1.19. The first-order valence-corrected chi connectivity index (χ1v) is 15.8. The first-order valence-electron chi connectivity index (χ1n) is 15.4. The topological polar surface area (TPSA) is 108 Å². The van der Waals surface area contributed by atoms with E-state index in [9.17, 15) is 9.59 Å². The van der Waals surface area contributed by atoms with Gasteiger partial charge in [0.25, 0.3) is 0 Å². The second-order valence-corrected chi connectivity index (χ2v) is 12.6. The molecule has 0 unspecified atom stereocenters.